The van der Waals surface area contributed by atoms with Gasteiger partial charge in [0.2, 0.25) is 5.75 Å². The molecule has 5 nitrogen and oxygen atoms in total. The standard InChI is InChI=1S/C13H9Cl2FN2O3/c14-8-4-11(18(19)20)12(5-9(8)15)21-13-7(6-17)2-1-3-10(13)16/h1-5H,6,17H2. The SMILES string of the molecule is NCc1cccc(F)c1Oc1cc(Cl)c(Cl)cc1[N+](=O)[O-]. The fourth-order valence-electron chi connectivity index (χ4n) is 1.68. The van der Waals surface area contributed by atoms with Crippen molar-refractivity contribution >= 4 is 28.9 Å². The van der Waals surface area contributed by atoms with Crippen molar-refractivity contribution in [2.45, 2.75) is 6.54 Å². The van der Waals surface area contributed by atoms with E-state index in [0.717, 1.165) is 18.2 Å². The summed E-state index contributed by atoms with van der Waals surface area (Å²) in [6.07, 6.45) is 0. The van der Waals surface area contributed by atoms with E-state index in [0.29, 0.717) is 5.56 Å². The fourth-order valence-corrected chi connectivity index (χ4v) is 1.99. The van der Waals surface area contributed by atoms with E-state index in [4.69, 9.17) is 33.7 Å². The van der Waals surface area contributed by atoms with Crippen molar-refractivity contribution in [2.24, 2.45) is 5.73 Å². The second-order valence-corrected chi connectivity index (χ2v) is 4.84. The maximum atomic E-state index is 13.8. The highest BCUT2D eigenvalue weighted by molar-refractivity contribution is 6.42. The van der Waals surface area contributed by atoms with Crippen LogP contribution in [0.1, 0.15) is 5.56 Å². The van der Waals surface area contributed by atoms with Crippen LogP contribution in [0.5, 0.6) is 11.5 Å². The largest absolute Gasteiger partial charge is 0.447 e. The van der Waals surface area contributed by atoms with Crippen LogP contribution in [-0.2, 0) is 6.54 Å². The van der Waals surface area contributed by atoms with Crippen molar-refractivity contribution in [3.63, 3.8) is 0 Å². The van der Waals surface area contributed by atoms with Crippen LogP contribution in [0.2, 0.25) is 10.0 Å². The third-order valence-electron chi connectivity index (χ3n) is 2.68. The summed E-state index contributed by atoms with van der Waals surface area (Å²) in [7, 11) is 0. The molecule has 0 spiro atoms. The minimum atomic E-state index is -0.694. The zero-order valence-corrected chi connectivity index (χ0v) is 12.0. The summed E-state index contributed by atoms with van der Waals surface area (Å²) in [5.74, 6) is -1.07. The molecule has 0 aromatic heterocycles. The van der Waals surface area contributed by atoms with Crippen LogP contribution in [0.3, 0.4) is 0 Å². The molecule has 21 heavy (non-hydrogen) atoms. The van der Waals surface area contributed by atoms with Crippen molar-refractivity contribution in [1.29, 1.82) is 0 Å². The molecule has 2 rings (SSSR count). The number of nitrogens with zero attached hydrogens (tertiary/aromatic N) is 1. The van der Waals surface area contributed by atoms with Crippen LogP contribution in [0.15, 0.2) is 30.3 Å². The van der Waals surface area contributed by atoms with Crippen LogP contribution < -0.4 is 10.5 Å². The lowest BCUT2D eigenvalue weighted by molar-refractivity contribution is -0.385. The van der Waals surface area contributed by atoms with Crippen molar-refractivity contribution in [3.05, 3.63) is 61.9 Å². The number of para-hydroxylation sites is 1. The molecular weight excluding hydrogens is 322 g/mol. The predicted octanol–water partition coefficient (Wildman–Crippen LogP) is 4.29. The number of nitro benzene ring substituents is 1. The van der Waals surface area contributed by atoms with Gasteiger partial charge in [-0.2, -0.15) is 0 Å². The van der Waals surface area contributed by atoms with E-state index in [-0.39, 0.29) is 28.1 Å². The molecule has 0 atom stereocenters. The molecule has 0 radical (unpaired) electrons. The average molecular weight is 331 g/mol. The summed E-state index contributed by atoms with van der Waals surface area (Å²) in [5.41, 5.74) is 5.45. The second-order valence-electron chi connectivity index (χ2n) is 4.03. The maximum absolute atomic E-state index is 13.8. The van der Waals surface area contributed by atoms with Gasteiger partial charge in [-0.3, -0.25) is 10.1 Å². The molecule has 0 aliphatic carbocycles. The number of halogens is 3. The lowest BCUT2D eigenvalue weighted by Gasteiger charge is -2.11. The summed E-state index contributed by atoms with van der Waals surface area (Å²) >= 11 is 11.6. The van der Waals surface area contributed by atoms with Crippen LogP contribution in [0, 0.1) is 15.9 Å². The Morgan fingerprint density at radius 2 is 1.95 bits per heavy atom. The van der Waals surface area contributed by atoms with Crippen LogP contribution in [0.25, 0.3) is 0 Å². The van der Waals surface area contributed by atoms with E-state index in [9.17, 15) is 14.5 Å². The highest BCUT2D eigenvalue weighted by Gasteiger charge is 2.21. The molecule has 8 heteroatoms. The van der Waals surface area contributed by atoms with Crippen LogP contribution in [0.4, 0.5) is 10.1 Å². The number of ether oxygens (including phenoxy) is 1. The van der Waals surface area contributed by atoms with Gasteiger partial charge in [-0.1, -0.05) is 35.3 Å². The summed E-state index contributed by atoms with van der Waals surface area (Å²) in [6, 6.07) is 6.39. The highest BCUT2D eigenvalue weighted by atomic mass is 35.5. The summed E-state index contributed by atoms with van der Waals surface area (Å²) in [4.78, 5) is 10.3. The van der Waals surface area contributed by atoms with E-state index in [1.54, 1.807) is 6.07 Å². The van der Waals surface area contributed by atoms with Crippen molar-refractivity contribution in [3.8, 4) is 11.5 Å². The van der Waals surface area contributed by atoms with E-state index in [1.807, 2.05) is 0 Å². The van der Waals surface area contributed by atoms with E-state index in [2.05, 4.69) is 0 Å². The molecule has 110 valence electrons. The topological polar surface area (TPSA) is 78.4 Å². The molecule has 0 heterocycles. The lowest BCUT2D eigenvalue weighted by atomic mass is 10.2. The highest BCUT2D eigenvalue weighted by Crippen LogP contribution is 2.39. The Bertz CT molecular complexity index is 710. The first kappa shape index (κ1) is 15.5. The number of nitrogens with two attached hydrogens (primary N) is 1. The van der Waals surface area contributed by atoms with E-state index >= 15 is 0 Å². The quantitative estimate of drug-likeness (QED) is 0.669. The fraction of sp³-hybridized carbons (Fsp3) is 0.0769. The first-order valence-electron chi connectivity index (χ1n) is 5.72. The molecule has 0 saturated carbocycles. The van der Waals surface area contributed by atoms with Gasteiger partial charge in [0.15, 0.2) is 11.6 Å². The third kappa shape index (κ3) is 3.24. The molecular formula is C13H9Cl2FN2O3. The first-order valence-corrected chi connectivity index (χ1v) is 6.48. The molecule has 0 bridgehead atoms. The molecule has 2 aromatic rings. The number of benzene rings is 2. The Labute approximate surface area is 129 Å². The Morgan fingerprint density at radius 3 is 2.57 bits per heavy atom. The monoisotopic (exact) mass is 330 g/mol. The van der Waals surface area contributed by atoms with Crippen molar-refractivity contribution < 1.29 is 14.1 Å². The van der Waals surface area contributed by atoms with Crippen LogP contribution >= 0.6 is 23.2 Å². The lowest BCUT2D eigenvalue weighted by Crippen LogP contribution is -2.02. The zero-order valence-electron chi connectivity index (χ0n) is 10.5. The van der Waals surface area contributed by atoms with Gasteiger partial charge in [0.1, 0.15) is 0 Å². The number of rotatable bonds is 4. The maximum Gasteiger partial charge on any atom is 0.313 e. The zero-order chi connectivity index (χ0) is 15.6. The first-order chi connectivity index (χ1) is 9.93. The average Bonchev–Trinajstić information content (AvgIpc) is 2.44. The van der Waals surface area contributed by atoms with Gasteiger partial charge in [0, 0.05) is 24.2 Å². The van der Waals surface area contributed by atoms with Gasteiger partial charge >= 0.3 is 5.69 Å². The number of hydrogen-bond acceptors (Lipinski definition) is 4. The van der Waals surface area contributed by atoms with Gasteiger partial charge in [0.05, 0.1) is 15.0 Å². The molecule has 2 aromatic carbocycles. The van der Waals surface area contributed by atoms with Crippen molar-refractivity contribution in [2.75, 3.05) is 0 Å². The molecule has 0 unspecified atom stereocenters. The molecule has 2 N–H and O–H groups in total. The minimum absolute atomic E-state index is 0.00305. The Morgan fingerprint density at radius 1 is 1.29 bits per heavy atom. The van der Waals surface area contributed by atoms with Gasteiger partial charge in [0.25, 0.3) is 0 Å². The van der Waals surface area contributed by atoms with Gasteiger partial charge in [-0.25, -0.2) is 4.39 Å². The minimum Gasteiger partial charge on any atom is -0.447 e. The van der Waals surface area contributed by atoms with E-state index < -0.39 is 16.4 Å². The summed E-state index contributed by atoms with van der Waals surface area (Å²) in [6.45, 7) is 0.0161. The van der Waals surface area contributed by atoms with Crippen molar-refractivity contribution in [1.82, 2.24) is 0 Å². The van der Waals surface area contributed by atoms with Crippen LogP contribution in [-0.4, -0.2) is 4.92 Å². The molecule has 0 aliphatic rings. The normalized spacial score (nSPS) is 10.5. The smallest absolute Gasteiger partial charge is 0.313 e. The summed E-state index contributed by atoms with van der Waals surface area (Å²) in [5, 5.41) is 11.1. The number of nitro groups is 1. The second kappa shape index (κ2) is 6.26. The predicted molar refractivity (Wildman–Crippen MR) is 77.5 cm³/mol. The molecule has 0 aliphatic heterocycles. The molecule has 0 saturated heterocycles. The summed E-state index contributed by atoms with van der Waals surface area (Å²) < 4.78 is 19.1. The van der Waals surface area contributed by atoms with E-state index in [1.165, 1.54) is 6.07 Å². The number of hydrogen-bond donors (Lipinski definition) is 1. The Kier molecular flexibility index (Phi) is 4.62. The third-order valence-corrected chi connectivity index (χ3v) is 3.40. The van der Waals surface area contributed by atoms with Gasteiger partial charge < -0.3 is 10.5 Å². The van der Waals surface area contributed by atoms with Gasteiger partial charge in [-0.15, -0.1) is 0 Å². The Hall–Kier alpha value is -1.89. The molecule has 0 amide bonds. The molecule has 0 fully saturated rings. The van der Waals surface area contributed by atoms with Gasteiger partial charge in [-0.05, 0) is 6.07 Å². The Balaban J connectivity index is 2.54.